The largest absolute Gasteiger partial charge is 0.478 e. The minimum atomic E-state index is -4.47. The molecular formula is C17H17F3N2O2S. The minimum absolute atomic E-state index is 0.0332. The molecule has 0 bridgehead atoms. The van der Waals surface area contributed by atoms with Gasteiger partial charge in [0, 0.05) is 37.6 Å². The van der Waals surface area contributed by atoms with Crippen LogP contribution >= 0.6 is 11.3 Å². The van der Waals surface area contributed by atoms with Crippen molar-refractivity contribution in [3.05, 3.63) is 46.3 Å². The maximum absolute atomic E-state index is 13.1. The highest BCUT2D eigenvalue weighted by Crippen LogP contribution is 2.38. The summed E-state index contributed by atoms with van der Waals surface area (Å²) in [5.41, 5.74) is 0.322. The molecule has 0 amide bonds. The summed E-state index contributed by atoms with van der Waals surface area (Å²) < 4.78 is 39.4. The van der Waals surface area contributed by atoms with Crippen molar-refractivity contribution in [2.45, 2.75) is 12.7 Å². The van der Waals surface area contributed by atoms with Crippen molar-refractivity contribution in [1.29, 1.82) is 0 Å². The van der Waals surface area contributed by atoms with Crippen LogP contribution in [-0.4, -0.2) is 42.2 Å². The van der Waals surface area contributed by atoms with Crippen molar-refractivity contribution in [2.24, 2.45) is 0 Å². The van der Waals surface area contributed by atoms with E-state index in [2.05, 4.69) is 10.2 Å². The van der Waals surface area contributed by atoms with E-state index >= 15 is 0 Å². The predicted octanol–water partition coefficient (Wildman–Crippen LogP) is 3.54. The lowest BCUT2D eigenvalue weighted by Crippen LogP contribution is -2.42. The molecular weight excluding hydrogens is 353 g/mol. The number of aromatic carboxylic acids is 1. The summed E-state index contributed by atoms with van der Waals surface area (Å²) in [5, 5.41) is 14.1. The molecule has 25 heavy (non-hydrogen) atoms. The molecule has 0 saturated carbocycles. The lowest BCUT2D eigenvalue weighted by Gasteiger charge is -2.28. The zero-order valence-electron chi connectivity index (χ0n) is 13.3. The quantitative estimate of drug-likeness (QED) is 0.865. The van der Waals surface area contributed by atoms with Gasteiger partial charge < -0.3 is 10.4 Å². The van der Waals surface area contributed by atoms with Crippen LogP contribution in [0.3, 0.4) is 0 Å². The normalized spacial score (nSPS) is 16.1. The van der Waals surface area contributed by atoms with Gasteiger partial charge in [0.2, 0.25) is 0 Å². The maximum atomic E-state index is 13.1. The Hall–Kier alpha value is -1.90. The molecule has 2 aromatic rings. The van der Waals surface area contributed by atoms with Crippen molar-refractivity contribution in [3.63, 3.8) is 0 Å². The Bertz CT molecular complexity index is 767. The van der Waals surface area contributed by atoms with Crippen LogP contribution < -0.4 is 5.32 Å². The molecule has 0 atom stereocenters. The molecule has 0 aliphatic carbocycles. The van der Waals surface area contributed by atoms with Gasteiger partial charge in [0.1, 0.15) is 0 Å². The van der Waals surface area contributed by atoms with E-state index in [1.54, 1.807) is 5.38 Å². The van der Waals surface area contributed by atoms with Crippen LogP contribution in [0.4, 0.5) is 13.2 Å². The Morgan fingerprint density at radius 1 is 1.24 bits per heavy atom. The third kappa shape index (κ3) is 4.02. The second-order valence-electron chi connectivity index (χ2n) is 5.86. The smallest absolute Gasteiger partial charge is 0.416 e. The summed E-state index contributed by atoms with van der Waals surface area (Å²) in [6, 6.07) is 5.02. The van der Waals surface area contributed by atoms with Crippen LogP contribution in [0.1, 0.15) is 21.5 Å². The number of benzene rings is 1. The van der Waals surface area contributed by atoms with Gasteiger partial charge >= 0.3 is 12.1 Å². The summed E-state index contributed by atoms with van der Waals surface area (Å²) in [4.78, 5) is 13.9. The third-order valence-electron chi connectivity index (χ3n) is 4.18. The first-order valence-corrected chi connectivity index (χ1v) is 8.68. The van der Waals surface area contributed by atoms with Gasteiger partial charge in [-0.05, 0) is 34.7 Å². The van der Waals surface area contributed by atoms with Crippen LogP contribution in [0, 0.1) is 0 Å². The van der Waals surface area contributed by atoms with E-state index in [0.717, 1.165) is 49.6 Å². The SMILES string of the molecule is O=C(O)c1ccsc1-c1cc(C(F)(F)F)ccc1CN1CCNCC1. The summed E-state index contributed by atoms with van der Waals surface area (Å²) in [6.45, 7) is 3.75. The number of rotatable bonds is 4. The van der Waals surface area contributed by atoms with Crippen LogP contribution in [0.25, 0.3) is 10.4 Å². The molecule has 2 heterocycles. The Balaban J connectivity index is 2.04. The van der Waals surface area contributed by atoms with E-state index in [-0.39, 0.29) is 5.56 Å². The van der Waals surface area contributed by atoms with Gasteiger partial charge in [0.25, 0.3) is 0 Å². The molecule has 1 aromatic carbocycles. The molecule has 4 nitrogen and oxygen atoms in total. The van der Waals surface area contributed by atoms with E-state index in [4.69, 9.17) is 0 Å². The summed E-state index contributed by atoms with van der Waals surface area (Å²) >= 11 is 1.15. The van der Waals surface area contributed by atoms with E-state index in [1.165, 1.54) is 12.1 Å². The maximum Gasteiger partial charge on any atom is 0.416 e. The fraction of sp³-hybridized carbons (Fsp3) is 0.353. The number of piperazine rings is 1. The van der Waals surface area contributed by atoms with Gasteiger partial charge in [-0.2, -0.15) is 13.2 Å². The highest BCUT2D eigenvalue weighted by Gasteiger charge is 2.32. The number of thiophene rings is 1. The molecule has 134 valence electrons. The molecule has 1 saturated heterocycles. The van der Waals surface area contributed by atoms with Gasteiger partial charge in [-0.1, -0.05) is 6.07 Å². The summed E-state index contributed by atoms with van der Waals surface area (Å²) in [5.74, 6) is -1.14. The average Bonchev–Trinajstić information content (AvgIpc) is 3.05. The molecule has 0 radical (unpaired) electrons. The first-order valence-electron chi connectivity index (χ1n) is 7.80. The topological polar surface area (TPSA) is 52.6 Å². The van der Waals surface area contributed by atoms with Crippen molar-refractivity contribution in [3.8, 4) is 10.4 Å². The fourth-order valence-corrected chi connectivity index (χ4v) is 3.84. The molecule has 0 unspecified atom stereocenters. The van der Waals surface area contributed by atoms with E-state index < -0.39 is 17.7 Å². The standard InChI is InChI=1S/C17H17F3N2O2S/c18-17(19,20)12-2-1-11(10-22-6-4-21-5-7-22)14(9-12)15-13(16(23)24)3-8-25-15/h1-3,8-9,21H,4-7,10H2,(H,23,24). The molecule has 3 rings (SSSR count). The number of carbonyl (C=O) groups is 1. The van der Waals surface area contributed by atoms with Gasteiger partial charge in [0.15, 0.2) is 0 Å². The van der Waals surface area contributed by atoms with E-state index in [9.17, 15) is 23.1 Å². The van der Waals surface area contributed by atoms with E-state index in [1.807, 2.05) is 0 Å². The highest BCUT2D eigenvalue weighted by atomic mass is 32.1. The molecule has 0 spiro atoms. The lowest BCUT2D eigenvalue weighted by atomic mass is 9.99. The van der Waals surface area contributed by atoms with Gasteiger partial charge in [-0.25, -0.2) is 4.79 Å². The summed E-state index contributed by atoms with van der Waals surface area (Å²) in [6.07, 6.45) is -4.47. The number of hydrogen-bond donors (Lipinski definition) is 2. The van der Waals surface area contributed by atoms with Gasteiger partial charge in [-0.3, -0.25) is 4.90 Å². The second-order valence-corrected chi connectivity index (χ2v) is 6.78. The summed E-state index contributed by atoms with van der Waals surface area (Å²) in [7, 11) is 0. The number of carboxylic acids is 1. The fourth-order valence-electron chi connectivity index (χ4n) is 2.90. The average molecular weight is 370 g/mol. The van der Waals surface area contributed by atoms with Crippen molar-refractivity contribution < 1.29 is 23.1 Å². The van der Waals surface area contributed by atoms with Gasteiger partial charge in [0.05, 0.1) is 11.1 Å². The van der Waals surface area contributed by atoms with Crippen molar-refractivity contribution >= 4 is 17.3 Å². The number of alkyl halides is 3. The Kier molecular flexibility index (Phi) is 5.12. The van der Waals surface area contributed by atoms with Crippen molar-refractivity contribution in [2.75, 3.05) is 26.2 Å². The van der Waals surface area contributed by atoms with Gasteiger partial charge in [-0.15, -0.1) is 11.3 Å². The van der Waals surface area contributed by atoms with Crippen LogP contribution in [0.15, 0.2) is 29.6 Å². The second kappa shape index (κ2) is 7.15. The number of halogens is 3. The lowest BCUT2D eigenvalue weighted by molar-refractivity contribution is -0.137. The number of nitrogens with zero attached hydrogens (tertiary/aromatic N) is 1. The predicted molar refractivity (Wildman–Crippen MR) is 89.9 cm³/mol. The zero-order chi connectivity index (χ0) is 18.0. The first kappa shape index (κ1) is 17.9. The Morgan fingerprint density at radius 2 is 1.96 bits per heavy atom. The number of hydrogen-bond acceptors (Lipinski definition) is 4. The molecule has 1 fully saturated rings. The minimum Gasteiger partial charge on any atom is -0.478 e. The van der Waals surface area contributed by atoms with Crippen LogP contribution in [0.5, 0.6) is 0 Å². The van der Waals surface area contributed by atoms with E-state index in [0.29, 0.717) is 22.5 Å². The first-order chi connectivity index (χ1) is 11.9. The highest BCUT2D eigenvalue weighted by molar-refractivity contribution is 7.14. The Morgan fingerprint density at radius 3 is 2.60 bits per heavy atom. The number of nitrogens with one attached hydrogen (secondary N) is 1. The van der Waals surface area contributed by atoms with Crippen molar-refractivity contribution in [1.82, 2.24) is 10.2 Å². The molecule has 1 aromatic heterocycles. The Labute approximate surface area is 146 Å². The molecule has 1 aliphatic heterocycles. The molecule has 2 N–H and O–H groups in total. The molecule has 8 heteroatoms. The zero-order valence-corrected chi connectivity index (χ0v) is 14.1. The van der Waals surface area contributed by atoms with Crippen LogP contribution in [-0.2, 0) is 12.7 Å². The number of carboxylic acid groups (broad SMARTS) is 1. The van der Waals surface area contributed by atoms with Crippen LogP contribution in [0.2, 0.25) is 0 Å². The monoisotopic (exact) mass is 370 g/mol. The third-order valence-corrected chi connectivity index (χ3v) is 5.13. The molecule has 1 aliphatic rings.